The van der Waals surface area contributed by atoms with E-state index in [1.807, 2.05) is 0 Å². The van der Waals surface area contributed by atoms with Gasteiger partial charge in [0, 0.05) is 12.1 Å². The first-order chi connectivity index (χ1) is 18.3. The lowest BCUT2D eigenvalue weighted by Crippen LogP contribution is -2.46. The van der Waals surface area contributed by atoms with Crippen LogP contribution in [0.3, 0.4) is 0 Å². The molecule has 3 aromatic rings. The SMILES string of the molecule is O=C(CNC(=O)c1ccccc1O)NC1CCC(NC(=O)c2cc(F)cnc2Oc2ccc(F)cc2)CC1. The molecule has 0 bridgehead atoms. The lowest BCUT2D eigenvalue weighted by molar-refractivity contribution is -0.121. The fraction of sp³-hybridized carbons (Fsp3) is 0.259. The molecule has 3 amide bonds. The monoisotopic (exact) mass is 524 g/mol. The Balaban J connectivity index is 1.25. The van der Waals surface area contributed by atoms with Crippen molar-refractivity contribution in [3.8, 4) is 17.4 Å². The summed E-state index contributed by atoms with van der Waals surface area (Å²) in [6.07, 6.45) is 3.24. The number of pyridine rings is 1. The molecule has 0 aliphatic heterocycles. The first-order valence-corrected chi connectivity index (χ1v) is 12.0. The van der Waals surface area contributed by atoms with E-state index in [4.69, 9.17) is 4.74 Å². The van der Waals surface area contributed by atoms with Crippen LogP contribution >= 0.6 is 0 Å². The largest absolute Gasteiger partial charge is 0.507 e. The standard InChI is InChI=1S/C27H26F2N4O5/c28-16-5-11-20(12-6-16)38-27-22(13-17(29)14-31-27)26(37)33-19-9-7-18(8-10-19)32-24(35)15-30-25(36)21-3-1-2-4-23(21)34/h1-6,11-14,18-19,34H,7-10,15H2,(H,30,36)(H,32,35)(H,33,37). The normalized spacial score (nSPS) is 16.8. The summed E-state index contributed by atoms with van der Waals surface area (Å²) in [6, 6.07) is 11.8. The Labute approximate surface area is 217 Å². The number of carbonyl (C=O) groups is 3. The van der Waals surface area contributed by atoms with Crippen LogP contribution in [0.1, 0.15) is 46.4 Å². The molecule has 0 unspecified atom stereocenters. The molecular formula is C27H26F2N4O5. The summed E-state index contributed by atoms with van der Waals surface area (Å²) in [7, 11) is 0. The number of carbonyl (C=O) groups excluding carboxylic acids is 3. The second-order valence-corrected chi connectivity index (χ2v) is 8.85. The number of aromatic hydroxyl groups is 1. The molecule has 1 aliphatic rings. The first-order valence-electron chi connectivity index (χ1n) is 12.0. The molecule has 1 fully saturated rings. The van der Waals surface area contributed by atoms with Crippen molar-refractivity contribution in [2.45, 2.75) is 37.8 Å². The smallest absolute Gasteiger partial charge is 0.257 e. The van der Waals surface area contributed by atoms with E-state index in [2.05, 4.69) is 20.9 Å². The molecule has 0 atom stereocenters. The Kier molecular flexibility index (Phi) is 8.47. The van der Waals surface area contributed by atoms with E-state index in [1.165, 1.54) is 36.4 Å². The van der Waals surface area contributed by atoms with Gasteiger partial charge in [-0.1, -0.05) is 12.1 Å². The van der Waals surface area contributed by atoms with Gasteiger partial charge in [0.15, 0.2) is 0 Å². The molecular weight excluding hydrogens is 498 g/mol. The van der Waals surface area contributed by atoms with Gasteiger partial charge in [0.2, 0.25) is 11.8 Å². The molecule has 9 nitrogen and oxygen atoms in total. The summed E-state index contributed by atoms with van der Waals surface area (Å²) in [6.45, 7) is -0.243. The first kappa shape index (κ1) is 26.5. The maximum Gasteiger partial charge on any atom is 0.257 e. The minimum Gasteiger partial charge on any atom is -0.507 e. The molecule has 1 saturated carbocycles. The number of para-hydroxylation sites is 1. The lowest BCUT2D eigenvalue weighted by Gasteiger charge is -2.29. The van der Waals surface area contributed by atoms with Crippen molar-refractivity contribution < 1.29 is 33.0 Å². The van der Waals surface area contributed by atoms with E-state index < -0.39 is 23.4 Å². The fourth-order valence-corrected chi connectivity index (χ4v) is 4.13. The van der Waals surface area contributed by atoms with Gasteiger partial charge in [-0.3, -0.25) is 14.4 Å². The Morgan fingerprint density at radius 3 is 2.21 bits per heavy atom. The van der Waals surface area contributed by atoms with Crippen molar-refractivity contribution in [1.82, 2.24) is 20.9 Å². The number of hydrogen-bond acceptors (Lipinski definition) is 6. The molecule has 2 aromatic carbocycles. The molecule has 11 heteroatoms. The van der Waals surface area contributed by atoms with E-state index >= 15 is 0 Å². The van der Waals surface area contributed by atoms with Crippen LogP contribution in [0.25, 0.3) is 0 Å². The third kappa shape index (κ3) is 7.02. The van der Waals surface area contributed by atoms with Gasteiger partial charge >= 0.3 is 0 Å². The summed E-state index contributed by atoms with van der Waals surface area (Å²) in [5.74, 6) is -2.68. The highest BCUT2D eigenvalue weighted by Gasteiger charge is 2.26. The topological polar surface area (TPSA) is 130 Å². The molecule has 1 heterocycles. The quantitative estimate of drug-likeness (QED) is 0.357. The highest BCUT2D eigenvalue weighted by molar-refractivity contribution is 5.98. The predicted octanol–water partition coefficient (Wildman–Crippen LogP) is 3.44. The van der Waals surface area contributed by atoms with Crippen molar-refractivity contribution in [3.63, 3.8) is 0 Å². The summed E-state index contributed by atoms with van der Waals surface area (Å²) in [5.41, 5.74) is -0.0128. The molecule has 4 N–H and O–H groups in total. The molecule has 38 heavy (non-hydrogen) atoms. The molecule has 1 aromatic heterocycles. The zero-order valence-electron chi connectivity index (χ0n) is 20.2. The van der Waals surface area contributed by atoms with Crippen molar-refractivity contribution in [1.29, 1.82) is 0 Å². The van der Waals surface area contributed by atoms with Crippen LogP contribution in [-0.2, 0) is 4.79 Å². The number of hydrogen-bond donors (Lipinski definition) is 4. The Hall–Kier alpha value is -4.54. The van der Waals surface area contributed by atoms with Crippen LogP contribution in [0.2, 0.25) is 0 Å². The minimum atomic E-state index is -0.706. The fourth-order valence-electron chi connectivity index (χ4n) is 4.13. The van der Waals surface area contributed by atoms with Crippen LogP contribution in [-0.4, -0.2) is 46.4 Å². The van der Waals surface area contributed by atoms with Gasteiger partial charge in [-0.25, -0.2) is 13.8 Å². The second kappa shape index (κ2) is 12.1. The lowest BCUT2D eigenvalue weighted by atomic mass is 9.91. The van der Waals surface area contributed by atoms with Gasteiger partial charge in [0.25, 0.3) is 11.8 Å². The summed E-state index contributed by atoms with van der Waals surface area (Å²) >= 11 is 0. The van der Waals surface area contributed by atoms with Crippen LogP contribution in [0.5, 0.6) is 17.4 Å². The Morgan fingerprint density at radius 2 is 1.53 bits per heavy atom. The molecule has 0 saturated heterocycles. The third-order valence-corrected chi connectivity index (χ3v) is 6.08. The molecule has 0 radical (unpaired) electrons. The number of aromatic nitrogens is 1. The highest BCUT2D eigenvalue weighted by atomic mass is 19.1. The van der Waals surface area contributed by atoms with E-state index in [1.54, 1.807) is 12.1 Å². The number of phenolic OH excluding ortho intramolecular Hbond substituents is 1. The number of phenols is 1. The summed E-state index contributed by atoms with van der Waals surface area (Å²) in [5, 5.41) is 17.9. The van der Waals surface area contributed by atoms with E-state index in [0.717, 1.165) is 12.3 Å². The average Bonchev–Trinajstić information content (AvgIpc) is 2.91. The highest BCUT2D eigenvalue weighted by Crippen LogP contribution is 2.25. The third-order valence-electron chi connectivity index (χ3n) is 6.08. The van der Waals surface area contributed by atoms with Crippen LogP contribution in [0.15, 0.2) is 60.8 Å². The number of ether oxygens (including phenoxy) is 1. The van der Waals surface area contributed by atoms with Crippen molar-refractivity contribution >= 4 is 17.7 Å². The van der Waals surface area contributed by atoms with Gasteiger partial charge in [-0.05, 0) is 68.1 Å². The summed E-state index contributed by atoms with van der Waals surface area (Å²) in [4.78, 5) is 41.2. The van der Waals surface area contributed by atoms with Crippen LogP contribution < -0.4 is 20.7 Å². The zero-order valence-corrected chi connectivity index (χ0v) is 20.2. The van der Waals surface area contributed by atoms with E-state index in [-0.39, 0.29) is 53.0 Å². The van der Waals surface area contributed by atoms with Crippen LogP contribution in [0.4, 0.5) is 8.78 Å². The van der Waals surface area contributed by atoms with Gasteiger partial charge in [0.05, 0.1) is 18.3 Å². The number of halogens is 2. The molecule has 1 aliphatic carbocycles. The predicted molar refractivity (Wildman–Crippen MR) is 133 cm³/mol. The van der Waals surface area contributed by atoms with Crippen molar-refractivity contribution in [2.24, 2.45) is 0 Å². The van der Waals surface area contributed by atoms with E-state index in [0.29, 0.717) is 25.7 Å². The number of nitrogens with one attached hydrogen (secondary N) is 3. The number of amides is 3. The minimum absolute atomic E-state index is 0.0799. The second-order valence-electron chi connectivity index (χ2n) is 8.85. The van der Waals surface area contributed by atoms with Crippen molar-refractivity contribution in [3.05, 3.63) is 83.6 Å². The van der Waals surface area contributed by atoms with Gasteiger partial charge in [-0.15, -0.1) is 0 Å². The van der Waals surface area contributed by atoms with Gasteiger partial charge < -0.3 is 25.8 Å². The summed E-state index contributed by atoms with van der Waals surface area (Å²) < 4.78 is 32.6. The maximum atomic E-state index is 13.9. The average molecular weight is 525 g/mol. The molecule has 0 spiro atoms. The maximum absolute atomic E-state index is 13.9. The van der Waals surface area contributed by atoms with E-state index in [9.17, 15) is 28.3 Å². The number of rotatable bonds is 8. The molecule has 198 valence electrons. The Bertz CT molecular complexity index is 1310. The number of nitrogens with zero attached hydrogens (tertiary/aromatic N) is 1. The zero-order chi connectivity index (χ0) is 27.1. The van der Waals surface area contributed by atoms with Gasteiger partial charge in [-0.2, -0.15) is 0 Å². The van der Waals surface area contributed by atoms with Crippen molar-refractivity contribution in [2.75, 3.05) is 6.54 Å². The molecule has 4 rings (SSSR count). The number of benzene rings is 2. The Morgan fingerprint density at radius 1 is 0.868 bits per heavy atom. The van der Waals surface area contributed by atoms with Crippen LogP contribution in [0, 0.1) is 11.6 Å². The van der Waals surface area contributed by atoms with Gasteiger partial charge in [0.1, 0.15) is 28.7 Å².